The number of carbonyl (C=O) groups is 1. The number of rotatable bonds is 10. The summed E-state index contributed by atoms with van der Waals surface area (Å²) in [5, 5.41) is 3.78. The molecule has 0 aliphatic rings. The summed E-state index contributed by atoms with van der Waals surface area (Å²) in [7, 11) is -2.68. The van der Waals surface area contributed by atoms with E-state index >= 15 is 0 Å². The first-order valence-corrected chi connectivity index (χ1v) is 13.2. The van der Waals surface area contributed by atoms with Gasteiger partial charge in [0.25, 0.3) is 0 Å². The summed E-state index contributed by atoms with van der Waals surface area (Å²) in [5.41, 5.74) is -0.170. The molecule has 0 saturated carbocycles. The van der Waals surface area contributed by atoms with E-state index in [9.17, 15) is 4.79 Å². The van der Waals surface area contributed by atoms with Crippen LogP contribution in [-0.4, -0.2) is 18.2 Å². The zero-order chi connectivity index (χ0) is 21.2. The molecule has 0 saturated heterocycles. The third-order valence-corrected chi connectivity index (χ3v) is 11.2. The molecule has 0 N–H and O–H groups in total. The molecular formula is C27H33O2P. The molecule has 1 unspecified atom stereocenters. The van der Waals surface area contributed by atoms with Gasteiger partial charge in [-0.2, -0.15) is 0 Å². The summed E-state index contributed by atoms with van der Waals surface area (Å²) < 4.78 is 5.70. The molecule has 3 rings (SSSR count). The van der Waals surface area contributed by atoms with Gasteiger partial charge in [-0.15, -0.1) is 0 Å². The first-order valence-electron chi connectivity index (χ1n) is 11.1. The molecule has 2 nitrogen and oxygen atoms in total. The van der Waals surface area contributed by atoms with E-state index in [-0.39, 0.29) is 11.6 Å². The predicted molar refractivity (Wildman–Crippen MR) is 131 cm³/mol. The molecule has 0 fully saturated rings. The van der Waals surface area contributed by atoms with Crippen LogP contribution in [-0.2, 0) is 9.53 Å². The third kappa shape index (κ3) is 4.65. The Balaban J connectivity index is 2.31. The van der Waals surface area contributed by atoms with Crippen LogP contribution in [0.5, 0.6) is 0 Å². The van der Waals surface area contributed by atoms with Crippen LogP contribution < -0.4 is 15.9 Å². The maximum absolute atomic E-state index is 13.5. The van der Waals surface area contributed by atoms with Crippen LogP contribution >= 0.6 is 7.26 Å². The number of unbranched alkanes of at least 4 members (excludes halogenated alkanes) is 2. The van der Waals surface area contributed by atoms with Crippen molar-refractivity contribution in [3.63, 3.8) is 0 Å². The second kappa shape index (κ2) is 11.1. The summed E-state index contributed by atoms with van der Waals surface area (Å²) >= 11 is 0. The van der Waals surface area contributed by atoms with Crippen LogP contribution in [0.4, 0.5) is 0 Å². The SMILES string of the molecule is CCCCCC(C(=O)OCC)[PH](c1ccccc1)(c1ccccc1)c1ccccc1. The van der Waals surface area contributed by atoms with Crippen LogP contribution in [0, 0.1) is 0 Å². The Morgan fingerprint density at radius 3 is 1.53 bits per heavy atom. The van der Waals surface area contributed by atoms with E-state index in [2.05, 4.69) is 97.9 Å². The maximum atomic E-state index is 13.5. The number of benzene rings is 3. The molecule has 0 aromatic heterocycles. The van der Waals surface area contributed by atoms with Crippen LogP contribution in [0.15, 0.2) is 91.0 Å². The monoisotopic (exact) mass is 420 g/mol. The molecule has 1 atom stereocenters. The Hall–Kier alpha value is -2.44. The van der Waals surface area contributed by atoms with Gasteiger partial charge in [0.05, 0.1) is 0 Å². The summed E-state index contributed by atoms with van der Waals surface area (Å²) in [4.78, 5) is 13.5. The Kier molecular flexibility index (Phi) is 8.22. The molecule has 3 aromatic carbocycles. The summed E-state index contributed by atoms with van der Waals surface area (Å²) in [6.45, 7) is 4.51. The molecule has 0 aliphatic carbocycles. The van der Waals surface area contributed by atoms with E-state index < -0.39 is 7.26 Å². The van der Waals surface area contributed by atoms with Gasteiger partial charge in [-0.3, -0.25) is 0 Å². The van der Waals surface area contributed by atoms with E-state index in [0.29, 0.717) is 6.61 Å². The fourth-order valence-electron chi connectivity index (χ4n) is 4.56. The van der Waals surface area contributed by atoms with Crippen LogP contribution in [0.3, 0.4) is 0 Å². The van der Waals surface area contributed by atoms with Crippen LogP contribution in [0.25, 0.3) is 0 Å². The average Bonchev–Trinajstić information content (AvgIpc) is 2.81. The normalized spacial score (nSPS) is 12.9. The fourth-order valence-corrected chi connectivity index (χ4v) is 9.99. The van der Waals surface area contributed by atoms with Gasteiger partial charge in [-0.1, -0.05) is 0 Å². The van der Waals surface area contributed by atoms with Gasteiger partial charge in [0.1, 0.15) is 0 Å². The van der Waals surface area contributed by atoms with Gasteiger partial charge in [0.2, 0.25) is 0 Å². The minimum atomic E-state index is -2.68. The van der Waals surface area contributed by atoms with Crippen molar-refractivity contribution < 1.29 is 9.53 Å². The molecule has 30 heavy (non-hydrogen) atoms. The number of carbonyl (C=O) groups excluding carboxylic acids is 1. The summed E-state index contributed by atoms with van der Waals surface area (Å²) in [6, 6.07) is 32.0. The second-order valence-electron chi connectivity index (χ2n) is 7.71. The van der Waals surface area contributed by atoms with Gasteiger partial charge in [0, 0.05) is 0 Å². The van der Waals surface area contributed by atoms with Crippen molar-refractivity contribution in [1.82, 2.24) is 0 Å². The number of esters is 1. The minimum absolute atomic E-state index is 0.0585. The van der Waals surface area contributed by atoms with Crippen molar-refractivity contribution in [2.75, 3.05) is 6.61 Å². The Bertz CT molecular complexity index is 797. The zero-order valence-electron chi connectivity index (χ0n) is 18.1. The molecule has 0 radical (unpaired) electrons. The molecule has 0 bridgehead atoms. The molecule has 3 heteroatoms. The van der Waals surface area contributed by atoms with Gasteiger partial charge >= 0.3 is 181 Å². The van der Waals surface area contributed by atoms with Crippen molar-refractivity contribution in [2.45, 2.75) is 45.2 Å². The molecule has 158 valence electrons. The third-order valence-electron chi connectivity index (χ3n) is 5.88. The standard InChI is InChI=1S/C27H33O2P/c1-3-5-9-22-26(27(28)29-4-2)30(23-16-10-6-11-17-23,24-18-12-7-13-19-24)25-20-14-8-15-21-25/h6-8,10-21,26,30H,3-5,9,22H2,1-2H3. The molecular weight excluding hydrogens is 387 g/mol. The van der Waals surface area contributed by atoms with Gasteiger partial charge in [0.15, 0.2) is 0 Å². The predicted octanol–water partition coefficient (Wildman–Crippen LogP) is 5.22. The second-order valence-corrected chi connectivity index (χ2v) is 11.8. The van der Waals surface area contributed by atoms with E-state index in [1.807, 2.05) is 6.92 Å². The molecule has 0 amide bonds. The topological polar surface area (TPSA) is 26.3 Å². The first kappa shape index (κ1) is 22.2. The molecule has 3 aromatic rings. The number of ether oxygens (including phenoxy) is 1. The summed E-state index contributed by atoms with van der Waals surface area (Å²) in [5.74, 6) is -0.0585. The van der Waals surface area contributed by atoms with E-state index in [0.717, 1.165) is 25.7 Å². The van der Waals surface area contributed by atoms with E-state index in [1.165, 1.54) is 15.9 Å². The van der Waals surface area contributed by atoms with Crippen molar-refractivity contribution >= 4 is 29.1 Å². The van der Waals surface area contributed by atoms with Crippen molar-refractivity contribution in [1.29, 1.82) is 0 Å². The van der Waals surface area contributed by atoms with Crippen molar-refractivity contribution in [3.05, 3.63) is 91.0 Å². The number of hydrogen-bond acceptors (Lipinski definition) is 2. The fraction of sp³-hybridized carbons (Fsp3) is 0.296. The Morgan fingerprint density at radius 2 is 1.17 bits per heavy atom. The van der Waals surface area contributed by atoms with E-state index in [1.54, 1.807) is 0 Å². The molecule has 0 heterocycles. The Morgan fingerprint density at radius 1 is 0.733 bits per heavy atom. The first-order chi connectivity index (χ1) is 14.7. The van der Waals surface area contributed by atoms with Gasteiger partial charge in [-0.25, -0.2) is 0 Å². The quantitative estimate of drug-likeness (QED) is 0.255. The van der Waals surface area contributed by atoms with Gasteiger partial charge < -0.3 is 0 Å². The summed E-state index contributed by atoms with van der Waals surface area (Å²) in [6.07, 6.45) is 4.13. The van der Waals surface area contributed by atoms with Crippen LogP contribution in [0.1, 0.15) is 39.5 Å². The average molecular weight is 421 g/mol. The Labute approximate surface area is 181 Å². The molecule has 0 spiro atoms. The van der Waals surface area contributed by atoms with Crippen molar-refractivity contribution in [2.24, 2.45) is 0 Å². The van der Waals surface area contributed by atoms with E-state index in [4.69, 9.17) is 4.74 Å². The van der Waals surface area contributed by atoms with Crippen LogP contribution in [0.2, 0.25) is 0 Å². The van der Waals surface area contributed by atoms with Gasteiger partial charge in [-0.05, 0) is 0 Å². The number of hydrogen-bond donors (Lipinski definition) is 0. The molecule has 0 aliphatic heterocycles. The van der Waals surface area contributed by atoms with Crippen molar-refractivity contribution in [3.8, 4) is 0 Å². The zero-order valence-corrected chi connectivity index (χ0v) is 19.1.